The largest absolute Gasteiger partial charge is 0.369 e. The second kappa shape index (κ2) is 8.44. The van der Waals surface area contributed by atoms with Crippen molar-refractivity contribution in [3.63, 3.8) is 0 Å². The number of hydrogen-bond donors (Lipinski definition) is 2. The average Bonchev–Trinajstić information content (AvgIpc) is 2.38. The van der Waals surface area contributed by atoms with Gasteiger partial charge in [0.15, 0.2) is 0 Å². The maximum atomic E-state index is 10.8. The van der Waals surface area contributed by atoms with Gasteiger partial charge in [-0.3, -0.25) is 4.79 Å². The van der Waals surface area contributed by atoms with Crippen LogP contribution in [0.15, 0.2) is 12.4 Å². The van der Waals surface area contributed by atoms with Crippen molar-refractivity contribution in [2.45, 2.75) is 45.4 Å². The molecule has 0 radical (unpaired) electrons. The van der Waals surface area contributed by atoms with Gasteiger partial charge in [-0.1, -0.05) is 39.0 Å². The van der Waals surface area contributed by atoms with E-state index in [1.807, 2.05) is 0 Å². The van der Waals surface area contributed by atoms with Gasteiger partial charge in [-0.2, -0.15) is 0 Å². The van der Waals surface area contributed by atoms with E-state index in [1.165, 1.54) is 44.5 Å². The van der Waals surface area contributed by atoms with E-state index in [9.17, 15) is 4.79 Å². The van der Waals surface area contributed by atoms with E-state index in [4.69, 9.17) is 5.73 Å². The third kappa shape index (κ3) is 5.61. The summed E-state index contributed by atoms with van der Waals surface area (Å²) in [6, 6.07) is 0. The minimum absolute atomic E-state index is 0.195. The Balaban J connectivity index is 2.14. The maximum Gasteiger partial charge on any atom is 0.268 e. The summed E-state index contributed by atoms with van der Waals surface area (Å²) in [6.07, 6.45) is 10.5. The van der Waals surface area contributed by atoms with Crippen LogP contribution in [0.5, 0.6) is 0 Å². The highest BCUT2D eigenvalue weighted by Crippen LogP contribution is 2.06. The van der Waals surface area contributed by atoms with E-state index in [0.717, 1.165) is 13.0 Å². The fourth-order valence-electron chi connectivity index (χ4n) is 1.67. The number of nitrogens with zero attached hydrogens (tertiary/aromatic N) is 2. The lowest BCUT2D eigenvalue weighted by atomic mass is 10.1. The number of rotatable bonds is 9. The molecule has 1 rings (SSSR count). The fourth-order valence-corrected chi connectivity index (χ4v) is 1.67. The molecule has 1 heterocycles. The molecule has 5 heteroatoms. The van der Waals surface area contributed by atoms with Crippen molar-refractivity contribution < 1.29 is 4.79 Å². The highest BCUT2D eigenvalue weighted by molar-refractivity contribution is 5.90. The van der Waals surface area contributed by atoms with Crippen LogP contribution >= 0.6 is 0 Å². The number of primary amides is 1. The number of carbonyl (C=O) groups is 1. The first-order valence-corrected chi connectivity index (χ1v) is 6.59. The van der Waals surface area contributed by atoms with E-state index in [0.29, 0.717) is 5.82 Å². The molecule has 5 nitrogen and oxygen atoms in total. The summed E-state index contributed by atoms with van der Waals surface area (Å²) >= 11 is 0. The third-order valence-electron chi connectivity index (χ3n) is 2.74. The van der Waals surface area contributed by atoms with Gasteiger partial charge in [0.2, 0.25) is 0 Å². The van der Waals surface area contributed by atoms with Gasteiger partial charge in [0.1, 0.15) is 11.5 Å². The highest BCUT2D eigenvalue weighted by Gasteiger charge is 2.01. The summed E-state index contributed by atoms with van der Waals surface area (Å²) in [5, 5.41) is 3.18. The van der Waals surface area contributed by atoms with Gasteiger partial charge in [0.25, 0.3) is 5.91 Å². The van der Waals surface area contributed by atoms with Crippen LogP contribution < -0.4 is 11.1 Å². The molecule has 0 aliphatic heterocycles. The number of aromatic nitrogens is 2. The molecule has 0 saturated carbocycles. The van der Waals surface area contributed by atoms with Crippen LogP contribution in [-0.2, 0) is 0 Å². The second-order valence-corrected chi connectivity index (χ2v) is 4.35. The Morgan fingerprint density at radius 1 is 1.17 bits per heavy atom. The lowest BCUT2D eigenvalue weighted by molar-refractivity contribution is 0.0995. The summed E-state index contributed by atoms with van der Waals surface area (Å²) in [5.41, 5.74) is 5.28. The Hall–Kier alpha value is -1.65. The zero-order valence-corrected chi connectivity index (χ0v) is 11.0. The van der Waals surface area contributed by atoms with Crippen LogP contribution in [0.2, 0.25) is 0 Å². The summed E-state index contributed by atoms with van der Waals surface area (Å²) in [4.78, 5) is 18.8. The van der Waals surface area contributed by atoms with Crippen molar-refractivity contribution in [3.05, 3.63) is 18.1 Å². The normalized spacial score (nSPS) is 10.3. The molecule has 1 aromatic rings. The number of unbranched alkanes of at least 4 members (excludes halogenated alkanes) is 5. The number of carbonyl (C=O) groups excluding carboxylic acids is 1. The van der Waals surface area contributed by atoms with Crippen LogP contribution in [0, 0.1) is 0 Å². The molecule has 0 saturated heterocycles. The van der Waals surface area contributed by atoms with Crippen LogP contribution in [-0.4, -0.2) is 22.4 Å². The van der Waals surface area contributed by atoms with Crippen molar-refractivity contribution in [2.75, 3.05) is 11.9 Å². The quantitative estimate of drug-likeness (QED) is 0.659. The Morgan fingerprint density at radius 3 is 2.50 bits per heavy atom. The fraction of sp³-hybridized carbons (Fsp3) is 0.615. The molecule has 0 bridgehead atoms. The van der Waals surface area contributed by atoms with E-state index in [1.54, 1.807) is 0 Å². The van der Waals surface area contributed by atoms with Crippen molar-refractivity contribution in [2.24, 2.45) is 5.73 Å². The van der Waals surface area contributed by atoms with Gasteiger partial charge < -0.3 is 11.1 Å². The Bertz CT molecular complexity index is 351. The minimum Gasteiger partial charge on any atom is -0.369 e. The van der Waals surface area contributed by atoms with Gasteiger partial charge in [0.05, 0.1) is 12.4 Å². The molecular weight excluding hydrogens is 228 g/mol. The zero-order chi connectivity index (χ0) is 13.2. The lowest BCUT2D eigenvalue weighted by Crippen LogP contribution is -2.14. The van der Waals surface area contributed by atoms with Crippen LogP contribution in [0.4, 0.5) is 5.82 Å². The predicted octanol–water partition coefficient (Wildman–Crippen LogP) is 2.35. The highest BCUT2D eigenvalue weighted by atomic mass is 16.1. The van der Waals surface area contributed by atoms with Crippen molar-refractivity contribution in [1.29, 1.82) is 0 Å². The molecule has 0 unspecified atom stereocenters. The Labute approximate surface area is 108 Å². The molecule has 18 heavy (non-hydrogen) atoms. The molecule has 3 N–H and O–H groups in total. The maximum absolute atomic E-state index is 10.8. The summed E-state index contributed by atoms with van der Waals surface area (Å²) in [5.74, 6) is 0.138. The number of anilines is 1. The Morgan fingerprint density at radius 2 is 1.89 bits per heavy atom. The number of hydrogen-bond acceptors (Lipinski definition) is 4. The van der Waals surface area contributed by atoms with E-state index in [2.05, 4.69) is 22.2 Å². The number of nitrogens with two attached hydrogens (primary N) is 1. The zero-order valence-electron chi connectivity index (χ0n) is 11.0. The molecule has 0 fully saturated rings. The molecule has 1 aromatic heterocycles. The van der Waals surface area contributed by atoms with Crippen molar-refractivity contribution in [1.82, 2.24) is 9.97 Å². The second-order valence-electron chi connectivity index (χ2n) is 4.35. The van der Waals surface area contributed by atoms with Crippen LogP contribution in [0.25, 0.3) is 0 Å². The Kier molecular flexibility index (Phi) is 6.76. The lowest BCUT2D eigenvalue weighted by Gasteiger charge is -2.05. The molecule has 0 spiro atoms. The van der Waals surface area contributed by atoms with E-state index >= 15 is 0 Å². The van der Waals surface area contributed by atoms with Crippen LogP contribution in [0.3, 0.4) is 0 Å². The monoisotopic (exact) mass is 250 g/mol. The topological polar surface area (TPSA) is 80.9 Å². The SMILES string of the molecule is CCCCCCCCNc1cnc(C(N)=O)cn1. The minimum atomic E-state index is -0.551. The van der Waals surface area contributed by atoms with Crippen molar-refractivity contribution in [3.8, 4) is 0 Å². The summed E-state index contributed by atoms with van der Waals surface area (Å²) in [6.45, 7) is 3.10. The van der Waals surface area contributed by atoms with Gasteiger partial charge in [-0.15, -0.1) is 0 Å². The summed E-state index contributed by atoms with van der Waals surface area (Å²) < 4.78 is 0. The first-order valence-electron chi connectivity index (χ1n) is 6.59. The van der Waals surface area contributed by atoms with E-state index < -0.39 is 5.91 Å². The first kappa shape index (κ1) is 14.4. The molecule has 100 valence electrons. The van der Waals surface area contributed by atoms with Gasteiger partial charge in [0, 0.05) is 6.54 Å². The number of amides is 1. The first-order chi connectivity index (χ1) is 8.74. The number of nitrogens with one attached hydrogen (secondary N) is 1. The standard InChI is InChI=1S/C13H22N4O/c1-2-3-4-5-6-7-8-15-12-10-16-11(9-17-12)13(14)18/h9-10H,2-8H2,1H3,(H2,14,18)(H,15,17). The molecule has 1 amide bonds. The molecule has 0 aliphatic carbocycles. The smallest absolute Gasteiger partial charge is 0.268 e. The molecule has 0 aliphatic rings. The average molecular weight is 250 g/mol. The van der Waals surface area contributed by atoms with Gasteiger partial charge >= 0.3 is 0 Å². The molecule has 0 aromatic carbocycles. The van der Waals surface area contributed by atoms with Gasteiger partial charge in [-0.05, 0) is 6.42 Å². The van der Waals surface area contributed by atoms with Crippen molar-refractivity contribution >= 4 is 11.7 Å². The van der Waals surface area contributed by atoms with E-state index in [-0.39, 0.29) is 5.69 Å². The molecule has 0 atom stereocenters. The summed E-state index contributed by atoms with van der Waals surface area (Å²) in [7, 11) is 0. The predicted molar refractivity (Wildman–Crippen MR) is 72.4 cm³/mol. The third-order valence-corrected chi connectivity index (χ3v) is 2.74. The van der Waals surface area contributed by atoms with Crippen LogP contribution in [0.1, 0.15) is 55.9 Å². The molecular formula is C13H22N4O. The van der Waals surface area contributed by atoms with Gasteiger partial charge in [-0.25, -0.2) is 9.97 Å².